The zero-order valence-corrected chi connectivity index (χ0v) is 16.4. The van der Waals surface area contributed by atoms with E-state index in [-0.39, 0.29) is 40.6 Å². The second-order valence-corrected chi connectivity index (χ2v) is 8.75. The van der Waals surface area contributed by atoms with Gasteiger partial charge in [0.25, 0.3) is 0 Å². The van der Waals surface area contributed by atoms with Crippen LogP contribution in [0, 0.1) is 5.92 Å². The largest absolute Gasteiger partial charge is 0.465 e. The van der Waals surface area contributed by atoms with Gasteiger partial charge in [0.15, 0.2) is 9.84 Å². The second kappa shape index (κ2) is 9.61. The molecule has 1 aromatic carbocycles. The molecular formula is C16H23Cl2NO4S. The molecule has 0 atom stereocenters. The van der Waals surface area contributed by atoms with E-state index in [0.29, 0.717) is 18.2 Å². The lowest BCUT2D eigenvalue weighted by Gasteiger charge is -2.23. The Hall–Kier alpha value is -0.820. The molecule has 0 saturated carbocycles. The van der Waals surface area contributed by atoms with Gasteiger partial charge in [-0.05, 0) is 31.0 Å². The maximum Gasteiger partial charge on any atom is 0.320 e. The third-order valence-electron chi connectivity index (χ3n) is 3.19. The van der Waals surface area contributed by atoms with Gasteiger partial charge in [-0.2, -0.15) is 0 Å². The molecule has 0 bridgehead atoms. The van der Waals surface area contributed by atoms with Crippen molar-refractivity contribution in [3.8, 4) is 0 Å². The maximum absolute atomic E-state index is 12.5. The van der Waals surface area contributed by atoms with Crippen LogP contribution in [-0.2, 0) is 19.4 Å². The van der Waals surface area contributed by atoms with Gasteiger partial charge in [0.1, 0.15) is 0 Å². The second-order valence-electron chi connectivity index (χ2n) is 5.83. The summed E-state index contributed by atoms with van der Waals surface area (Å²) in [5.74, 6) is -0.229. The minimum Gasteiger partial charge on any atom is -0.465 e. The number of nitrogens with zero attached hydrogens (tertiary/aromatic N) is 1. The van der Waals surface area contributed by atoms with E-state index in [4.69, 9.17) is 27.9 Å². The quantitative estimate of drug-likeness (QED) is 0.600. The predicted molar refractivity (Wildman–Crippen MR) is 96.4 cm³/mol. The Kier molecular flexibility index (Phi) is 8.50. The molecule has 0 fully saturated rings. The molecule has 0 heterocycles. The van der Waals surface area contributed by atoms with Gasteiger partial charge >= 0.3 is 5.97 Å². The number of ether oxygens (including phenoxy) is 1. The Labute approximate surface area is 153 Å². The van der Waals surface area contributed by atoms with E-state index in [2.05, 4.69) is 0 Å². The number of halogens is 2. The van der Waals surface area contributed by atoms with Gasteiger partial charge in [-0.3, -0.25) is 9.69 Å². The molecule has 0 aromatic heterocycles. The van der Waals surface area contributed by atoms with Gasteiger partial charge in [0.05, 0.1) is 28.8 Å². The Morgan fingerprint density at radius 1 is 1.29 bits per heavy atom. The van der Waals surface area contributed by atoms with Crippen molar-refractivity contribution >= 4 is 39.0 Å². The molecule has 0 aliphatic carbocycles. The summed E-state index contributed by atoms with van der Waals surface area (Å²) in [6.07, 6.45) is 0. The van der Waals surface area contributed by atoms with Gasteiger partial charge in [0.2, 0.25) is 0 Å². The number of esters is 1. The fourth-order valence-corrected chi connectivity index (χ4v) is 4.31. The molecule has 0 radical (unpaired) electrons. The van der Waals surface area contributed by atoms with Crippen LogP contribution in [0.15, 0.2) is 23.1 Å². The van der Waals surface area contributed by atoms with E-state index in [0.717, 1.165) is 0 Å². The summed E-state index contributed by atoms with van der Waals surface area (Å²) >= 11 is 11.8. The molecule has 0 spiro atoms. The first-order valence-corrected chi connectivity index (χ1v) is 10.1. The van der Waals surface area contributed by atoms with Gasteiger partial charge in [-0.1, -0.05) is 37.0 Å². The molecule has 0 unspecified atom stereocenters. The van der Waals surface area contributed by atoms with E-state index < -0.39 is 9.84 Å². The Morgan fingerprint density at radius 3 is 2.54 bits per heavy atom. The highest BCUT2D eigenvalue weighted by atomic mass is 35.5. The number of hydrogen-bond donors (Lipinski definition) is 0. The molecule has 136 valence electrons. The number of carbonyl (C=O) groups is 1. The molecule has 5 nitrogen and oxygen atoms in total. The first kappa shape index (κ1) is 21.2. The molecule has 0 amide bonds. The van der Waals surface area contributed by atoms with Crippen molar-refractivity contribution in [3.63, 3.8) is 0 Å². The number of rotatable bonds is 9. The van der Waals surface area contributed by atoms with Crippen molar-refractivity contribution in [2.75, 3.05) is 32.0 Å². The number of sulfone groups is 1. The monoisotopic (exact) mass is 395 g/mol. The van der Waals surface area contributed by atoms with Crippen LogP contribution < -0.4 is 0 Å². The van der Waals surface area contributed by atoms with Crippen LogP contribution in [0.4, 0.5) is 0 Å². The first-order valence-electron chi connectivity index (χ1n) is 7.71. The first-order chi connectivity index (χ1) is 11.2. The summed E-state index contributed by atoms with van der Waals surface area (Å²) in [5.41, 5.74) is 0. The van der Waals surface area contributed by atoms with E-state index in [9.17, 15) is 13.2 Å². The number of hydrogen-bond acceptors (Lipinski definition) is 5. The molecular weight excluding hydrogens is 373 g/mol. The summed E-state index contributed by atoms with van der Waals surface area (Å²) in [4.78, 5) is 13.5. The van der Waals surface area contributed by atoms with Crippen molar-refractivity contribution in [1.29, 1.82) is 0 Å². The molecule has 1 aromatic rings. The Bertz CT molecular complexity index is 662. The SMILES string of the molecule is CCOC(=O)CN(CCS(=O)(=O)c1cc(Cl)ccc1Cl)CC(C)C. The fourth-order valence-electron chi connectivity index (χ4n) is 2.22. The summed E-state index contributed by atoms with van der Waals surface area (Å²) in [5, 5.41) is 0.448. The van der Waals surface area contributed by atoms with Crippen LogP contribution in [0.25, 0.3) is 0 Å². The number of carbonyl (C=O) groups excluding carboxylic acids is 1. The van der Waals surface area contributed by atoms with Crippen LogP contribution in [-0.4, -0.2) is 51.3 Å². The Morgan fingerprint density at radius 2 is 1.96 bits per heavy atom. The fraction of sp³-hybridized carbons (Fsp3) is 0.562. The Balaban J connectivity index is 2.83. The normalized spacial score (nSPS) is 12.0. The van der Waals surface area contributed by atoms with E-state index in [1.54, 1.807) is 11.8 Å². The summed E-state index contributed by atoms with van der Waals surface area (Å²) in [7, 11) is -3.60. The minimum absolute atomic E-state index is 0.0114. The lowest BCUT2D eigenvalue weighted by molar-refractivity contribution is -0.144. The lowest BCUT2D eigenvalue weighted by atomic mass is 10.2. The molecule has 0 saturated heterocycles. The lowest BCUT2D eigenvalue weighted by Crippen LogP contribution is -2.37. The summed E-state index contributed by atoms with van der Waals surface area (Å²) < 4.78 is 30.0. The van der Waals surface area contributed by atoms with Gasteiger partial charge in [0, 0.05) is 18.1 Å². The molecule has 24 heavy (non-hydrogen) atoms. The predicted octanol–water partition coefficient (Wildman–Crippen LogP) is 3.29. The third kappa shape index (κ3) is 6.97. The molecule has 1 rings (SSSR count). The van der Waals surface area contributed by atoms with Gasteiger partial charge < -0.3 is 4.74 Å². The summed E-state index contributed by atoms with van der Waals surface area (Å²) in [6.45, 7) is 6.90. The zero-order chi connectivity index (χ0) is 18.3. The average Bonchev–Trinajstić information content (AvgIpc) is 2.47. The van der Waals surface area contributed by atoms with E-state index in [1.807, 2.05) is 13.8 Å². The standard InChI is InChI=1S/C16H23Cl2NO4S/c1-4-23-16(20)11-19(10-12(2)3)7-8-24(21,22)15-9-13(17)5-6-14(15)18/h5-6,9,12H,4,7-8,10-11H2,1-3H3. The number of benzene rings is 1. The highest BCUT2D eigenvalue weighted by Crippen LogP contribution is 2.26. The van der Waals surface area contributed by atoms with E-state index in [1.165, 1.54) is 18.2 Å². The average molecular weight is 396 g/mol. The highest BCUT2D eigenvalue weighted by Gasteiger charge is 2.21. The van der Waals surface area contributed by atoms with E-state index >= 15 is 0 Å². The van der Waals surface area contributed by atoms with Gasteiger partial charge in [-0.25, -0.2) is 8.42 Å². The zero-order valence-electron chi connectivity index (χ0n) is 14.1. The van der Waals surface area contributed by atoms with Crippen molar-refractivity contribution < 1.29 is 17.9 Å². The van der Waals surface area contributed by atoms with Crippen molar-refractivity contribution in [2.45, 2.75) is 25.7 Å². The van der Waals surface area contributed by atoms with Crippen LogP contribution in [0.5, 0.6) is 0 Å². The minimum atomic E-state index is -3.60. The van der Waals surface area contributed by atoms with Crippen LogP contribution >= 0.6 is 23.2 Å². The maximum atomic E-state index is 12.5. The topological polar surface area (TPSA) is 63.7 Å². The van der Waals surface area contributed by atoms with Gasteiger partial charge in [-0.15, -0.1) is 0 Å². The van der Waals surface area contributed by atoms with Crippen LogP contribution in [0.3, 0.4) is 0 Å². The summed E-state index contributed by atoms with van der Waals surface area (Å²) in [6, 6.07) is 4.34. The van der Waals surface area contributed by atoms with Crippen LogP contribution in [0.2, 0.25) is 10.0 Å². The van der Waals surface area contributed by atoms with Crippen molar-refractivity contribution in [3.05, 3.63) is 28.2 Å². The smallest absolute Gasteiger partial charge is 0.320 e. The third-order valence-corrected chi connectivity index (χ3v) is 5.59. The molecule has 0 aliphatic rings. The molecule has 8 heteroatoms. The molecule has 0 N–H and O–H groups in total. The van der Waals surface area contributed by atoms with Crippen molar-refractivity contribution in [2.24, 2.45) is 5.92 Å². The molecule has 0 aliphatic heterocycles. The van der Waals surface area contributed by atoms with Crippen LogP contribution in [0.1, 0.15) is 20.8 Å². The van der Waals surface area contributed by atoms with Crippen molar-refractivity contribution in [1.82, 2.24) is 4.90 Å². The highest BCUT2D eigenvalue weighted by molar-refractivity contribution is 7.91.